The summed E-state index contributed by atoms with van der Waals surface area (Å²) in [6.07, 6.45) is 0. The van der Waals surface area contributed by atoms with Crippen molar-refractivity contribution < 1.29 is 0 Å². The molecule has 1 aliphatic heterocycles. The van der Waals surface area contributed by atoms with Crippen LogP contribution in [-0.2, 0) is 5.41 Å². The zero-order valence-electron chi connectivity index (χ0n) is 30.4. The maximum Gasteiger partial charge on any atom is 0.161 e. The lowest BCUT2D eigenvalue weighted by Crippen LogP contribution is -2.32. The molecule has 0 saturated heterocycles. The molecule has 9 aromatic rings. The molecule has 3 heteroatoms. The van der Waals surface area contributed by atoms with Gasteiger partial charge in [0.2, 0.25) is 0 Å². The Morgan fingerprint density at radius 1 is 0.321 bits per heavy atom. The highest BCUT2D eigenvalue weighted by atomic mass is 32.2. The lowest BCUT2D eigenvalue weighted by atomic mass is 9.67. The van der Waals surface area contributed by atoms with Gasteiger partial charge in [0.1, 0.15) is 0 Å². The zero-order valence-corrected chi connectivity index (χ0v) is 31.2. The van der Waals surface area contributed by atoms with Crippen LogP contribution >= 0.6 is 11.8 Å². The third-order valence-electron chi connectivity index (χ3n) is 11.4. The lowest BCUT2D eigenvalue weighted by Gasteiger charge is -2.40. The van der Waals surface area contributed by atoms with Crippen molar-refractivity contribution in [2.24, 2.45) is 0 Å². The summed E-state index contributed by atoms with van der Waals surface area (Å²) in [5.41, 5.74) is 16.9. The number of fused-ring (bicyclic) bond motifs is 9. The molecule has 2 aliphatic rings. The van der Waals surface area contributed by atoms with E-state index in [2.05, 4.69) is 206 Å². The Morgan fingerprint density at radius 2 is 0.750 bits per heavy atom. The number of hydrogen-bond acceptors (Lipinski definition) is 3. The Balaban J connectivity index is 1.16. The zero-order chi connectivity index (χ0) is 37.1. The highest BCUT2D eigenvalue weighted by Crippen LogP contribution is 2.63. The number of rotatable bonds is 5. The Kier molecular flexibility index (Phi) is 7.68. The van der Waals surface area contributed by atoms with Crippen molar-refractivity contribution in [2.75, 3.05) is 0 Å². The SMILES string of the molecule is c1ccc(-c2cccc(-c3cc(-c4cccc(-c5ccccc5)c4)nc(-c4cccc5c4Sc4ccccc4C54c5ccccc5-c5ccccc54)n3)c2)cc1. The van der Waals surface area contributed by atoms with Gasteiger partial charge in [-0.15, -0.1) is 0 Å². The molecule has 0 radical (unpaired) electrons. The van der Waals surface area contributed by atoms with E-state index in [1.54, 1.807) is 0 Å². The first-order valence-electron chi connectivity index (χ1n) is 19.1. The van der Waals surface area contributed by atoms with E-state index in [1.165, 1.54) is 54.3 Å². The molecule has 0 amide bonds. The van der Waals surface area contributed by atoms with E-state index in [9.17, 15) is 0 Å². The van der Waals surface area contributed by atoms with Gasteiger partial charge in [0.05, 0.1) is 16.8 Å². The summed E-state index contributed by atoms with van der Waals surface area (Å²) in [4.78, 5) is 13.4. The summed E-state index contributed by atoms with van der Waals surface area (Å²) >= 11 is 1.84. The predicted molar refractivity (Wildman–Crippen MR) is 231 cm³/mol. The summed E-state index contributed by atoms with van der Waals surface area (Å²) in [7, 11) is 0. The van der Waals surface area contributed by atoms with E-state index in [0.717, 1.165) is 39.2 Å². The maximum absolute atomic E-state index is 5.46. The van der Waals surface area contributed by atoms with E-state index in [0.29, 0.717) is 5.82 Å². The maximum atomic E-state index is 5.46. The van der Waals surface area contributed by atoms with Gasteiger partial charge in [0.15, 0.2) is 5.82 Å². The van der Waals surface area contributed by atoms with E-state index in [4.69, 9.17) is 9.97 Å². The highest BCUT2D eigenvalue weighted by Gasteiger charge is 2.50. The average Bonchev–Trinajstić information content (AvgIpc) is 3.57. The first-order valence-corrected chi connectivity index (χ1v) is 19.9. The van der Waals surface area contributed by atoms with Gasteiger partial charge in [0, 0.05) is 26.5 Å². The summed E-state index contributed by atoms with van der Waals surface area (Å²) in [5.74, 6) is 0.714. The minimum Gasteiger partial charge on any atom is -0.228 e. The van der Waals surface area contributed by atoms with Crippen LogP contribution in [0.15, 0.2) is 216 Å². The number of nitrogens with zero attached hydrogens (tertiary/aromatic N) is 2. The predicted octanol–water partition coefficient (Wildman–Crippen LogP) is 13.6. The van der Waals surface area contributed by atoms with E-state index in [1.807, 2.05) is 11.8 Å². The van der Waals surface area contributed by atoms with Crippen LogP contribution in [0.3, 0.4) is 0 Å². The molecule has 56 heavy (non-hydrogen) atoms. The topological polar surface area (TPSA) is 25.8 Å². The molecule has 0 fully saturated rings. The van der Waals surface area contributed by atoms with Gasteiger partial charge in [-0.25, -0.2) is 9.97 Å². The van der Waals surface area contributed by atoms with Crippen molar-refractivity contribution in [3.8, 4) is 67.3 Å². The second kappa shape index (κ2) is 13.2. The Bertz CT molecular complexity index is 2800. The van der Waals surface area contributed by atoms with Crippen molar-refractivity contribution in [1.82, 2.24) is 9.97 Å². The van der Waals surface area contributed by atoms with E-state index < -0.39 is 5.41 Å². The molecule has 11 rings (SSSR count). The van der Waals surface area contributed by atoms with Gasteiger partial charge in [-0.2, -0.15) is 0 Å². The van der Waals surface area contributed by atoms with Crippen LogP contribution in [0, 0.1) is 0 Å². The smallest absolute Gasteiger partial charge is 0.161 e. The summed E-state index contributed by atoms with van der Waals surface area (Å²) in [6.45, 7) is 0. The quantitative estimate of drug-likeness (QED) is 0.176. The van der Waals surface area contributed by atoms with Gasteiger partial charge in [-0.05, 0) is 79.9 Å². The fourth-order valence-corrected chi connectivity index (χ4v) is 10.2. The van der Waals surface area contributed by atoms with Crippen LogP contribution < -0.4 is 0 Å². The Morgan fingerprint density at radius 3 is 1.34 bits per heavy atom. The first kappa shape index (κ1) is 32.6. The molecule has 2 nitrogen and oxygen atoms in total. The van der Waals surface area contributed by atoms with Gasteiger partial charge >= 0.3 is 0 Å². The second-order valence-electron chi connectivity index (χ2n) is 14.5. The van der Waals surface area contributed by atoms with Crippen molar-refractivity contribution >= 4 is 11.8 Å². The van der Waals surface area contributed by atoms with Crippen molar-refractivity contribution in [1.29, 1.82) is 0 Å². The van der Waals surface area contributed by atoms with Gasteiger partial charge in [-0.3, -0.25) is 0 Å². The largest absolute Gasteiger partial charge is 0.228 e. The fraction of sp³-hybridized carbons (Fsp3) is 0.0189. The van der Waals surface area contributed by atoms with Crippen LogP contribution in [0.4, 0.5) is 0 Å². The number of aromatic nitrogens is 2. The third kappa shape index (κ3) is 5.12. The molecule has 0 atom stereocenters. The number of benzene rings is 8. The normalized spacial score (nSPS) is 13.1. The van der Waals surface area contributed by atoms with E-state index >= 15 is 0 Å². The van der Waals surface area contributed by atoms with Crippen molar-refractivity contribution in [3.63, 3.8) is 0 Å². The third-order valence-corrected chi connectivity index (χ3v) is 12.6. The molecule has 0 unspecified atom stereocenters. The minimum atomic E-state index is -0.477. The van der Waals surface area contributed by atoms with Crippen molar-refractivity contribution in [3.05, 3.63) is 229 Å². The molecule has 1 aromatic heterocycles. The van der Waals surface area contributed by atoms with Crippen LogP contribution in [0.5, 0.6) is 0 Å². The van der Waals surface area contributed by atoms with Gasteiger partial charge < -0.3 is 0 Å². The molecule has 0 saturated carbocycles. The first-order chi connectivity index (χ1) is 27.8. The number of hydrogen-bond donors (Lipinski definition) is 0. The Labute approximate surface area is 331 Å². The van der Waals surface area contributed by atoms with Crippen LogP contribution in [-0.4, -0.2) is 9.97 Å². The minimum absolute atomic E-state index is 0.477. The van der Waals surface area contributed by atoms with Crippen LogP contribution in [0.1, 0.15) is 22.3 Å². The molecular weight excluding hydrogens is 697 g/mol. The lowest BCUT2D eigenvalue weighted by molar-refractivity contribution is 0.723. The summed E-state index contributed by atoms with van der Waals surface area (Å²) < 4.78 is 0. The molecule has 0 bridgehead atoms. The molecule has 8 aromatic carbocycles. The molecule has 262 valence electrons. The van der Waals surface area contributed by atoms with Gasteiger partial charge in [0.25, 0.3) is 0 Å². The average molecular weight is 731 g/mol. The van der Waals surface area contributed by atoms with Crippen LogP contribution in [0.25, 0.3) is 67.3 Å². The molecule has 0 N–H and O–H groups in total. The molecule has 1 aliphatic carbocycles. The highest BCUT2D eigenvalue weighted by molar-refractivity contribution is 7.99. The van der Waals surface area contributed by atoms with Gasteiger partial charge in [-0.1, -0.05) is 194 Å². The fourth-order valence-electron chi connectivity index (χ4n) is 8.90. The standard InChI is InChI=1S/C53H34N2S/c1-3-16-35(17-4-1)37-20-13-22-39(32-37)48-34-49(40-23-14-21-38(33-40)36-18-5-2-6-19-36)55-52(54-48)43-26-15-30-47-51(43)56-50-31-12-11-29-46(50)53(47)44-27-9-7-24-41(44)42-25-8-10-28-45(42)53/h1-34H. The second-order valence-corrected chi connectivity index (χ2v) is 15.5. The van der Waals surface area contributed by atoms with E-state index in [-0.39, 0.29) is 0 Å². The molecule has 2 heterocycles. The molecule has 1 spiro atoms. The summed E-state index contributed by atoms with van der Waals surface area (Å²) in [5, 5.41) is 0. The Hall–Kier alpha value is -6.81. The van der Waals surface area contributed by atoms with Crippen molar-refractivity contribution in [2.45, 2.75) is 15.2 Å². The van der Waals surface area contributed by atoms with Crippen LogP contribution in [0.2, 0.25) is 0 Å². The summed E-state index contributed by atoms with van der Waals surface area (Å²) in [6, 6.07) is 74.3. The molecular formula is C53H34N2S. The monoisotopic (exact) mass is 730 g/mol.